The normalized spacial score (nSPS) is 11.7. The van der Waals surface area contributed by atoms with Gasteiger partial charge in [0.05, 0.1) is 24.3 Å². The number of thiophene rings is 1. The first-order valence-corrected chi connectivity index (χ1v) is 12.2. The second-order valence-corrected chi connectivity index (χ2v) is 9.96. The van der Waals surface area contributed by atoms with Crippen LogP contribution in [0, 0.1) is 6.92 Å². The van der Waals surface area contributed by atoms with E-state index in [1.54, 1.807) is 35.6 Å². The number of aromatic nitrogens is 2. The van der Waals surface area contributed by atoms with Crippen molar-refractivity contribution in [1.82, 2.24) is 20.0 Å². The maximum absolute atomic E-state index is 13.0. The summed E-state index contributed by atoms with van der Waals surface area (Å²) >= 11 is 2.62. The number of aromatic hydroxyl groups is 1. The third kappa shape index (κ3) is 6.16. The van der Waals surface area contributed by atoms with E-state index in [0.717, 1.165) is 26.7 Å². The smallest absolute Gasteiger partial charge is 0.348 e. The number of hydrogen-bond donors (Lipinski definition) is 4. The standard InChI is InChI=1S/C23H23N5O5S2/c1-13-11-28-12-15(25-23(28)34-13)10-24-20(30)17(9-14-3-5-16(29)6-4-14)26-22(32)27-19-8-7-18(35-19)21(31)33-2/h3-8,11-12,17,29H,9-10H2,1-2H3,(H,24,30)(H2,26,27,32)/t17-/m0/s1. The van der Waals surface area contributed by atoms with E-state index < -0.39 is 18.0 Å². The molecule has 0 aliphatic rings. The van der Waals surface area contributed by atoms with Crippen molar-refractivity contribution in [2.75, 3.05) is 12.4 Å². The number of methoxy groups -OCH3 is 1. The summed E-state index contributed by atoms with van der Waals surface area (Å²) in [5.74, 6) is -0.779. The van der Waals surface area contributed by atoms with Crippen molar-refractivity contribution in [2.45, 2.75) is 25.9 Å². The SMILES string of the molecule is COC(=O)c1ccc(NC(=O)N[C@@H](Cc2ccc(O)cc2)C(=O)NCc2cn3cc(C)sc3n2)s1. The Kier molecular flexibility index (Phi) is 7.32. The molecule has 0 spiro atoms. The Morgan fingerprint density at radius 2 is 1.89 bits per heavy atom. The summed E-state index contributed by atoms with van der Waals surface area (Å²) in [6.45, 7) is 2.20. The molecule has 0 unspecified atom stereocenters. The topological polar surface area (TPSA) is 134 Å². The van der Waals surface area contributed by atoms with Gasteiger partial charge in [0, 0.05) is 23.7 Å². The summed E-state index contributed by atoms with van der Waals surface area (Å²) in [6, 6.07) is 8.03. The minimum Gasteiger partial charge on any atom is -0.508 e. The third-order valence-corrected chi connectivity index (χ3v) is 6.89. The zero-order valence-corrected chi connectivity index (χ0v) is 20.5. The first-order chi connectivity index (χ1) is 16.8. The van der Waals surface area contributed by atoms with Crippen molar-refractivity contribution < 1.29 is 24.2 Å². The highest BCUT2D eigenvalue weighted by molar-refractivity contribution is 7.18. The molecule has 4 N–H and O–H groups in total. The van der Waals surface area contributed by atoms with Gasteiger partial charge in [0.15, 0.2) is 4.96 Å². The molecule has 10 nitrogen and oxygen atoms in total. The second kappa shape index (κ2) is 10.6. The summed E-state index contributed by atoms with van der Waals surface area (Å²) in [5.41, 5.74) is 1.46. The summed E-state index contributed by atoms with van der Waals surface area (Å²) in [5, 5.41) is 18.1. The van der Waals surface area contributed by atoms with Gasteiger partial charge in [-0.05, 0) is 36.8 Å². The number of carbonyl (C=O) groups is 3. The molecule has 0 aliphatic carbocycles. The number of nitrogens with zero attached hydrogens (tertiary/aromatic N) is 2. The molecule has 4 rings (SSSR count). The van der Waals surface area contributed by atoms with Crippen LogP contribution in [0.3, 0.4) is 0 Å². The highest BCUT2D eigenvalue weighted by Gasteiger charge is 2.22. The highest BCUT2D eigenvalue weighted by atomic mass is 32.1. The van der Waals surface area contributed by atoms with Crippen molar-refractivity contribution in [2.24, 2.45) is 0 Å². The van der Waals surface area contributed by atoms with Crippen LogP contribution in [-0.2, 0) is 22.5 Å². The molecule has 0 fully saturated rings. The van der Waals surface area contributed by atoms with Crippen LogP contribution in [0.25, 0.3) is 4.96 Å². The number of phenolic OH excluding ortho intramolecular Hbond substituents is 1. The van der Waals surface area contributed by atoms with E-state index >= 15 is 0 Å². The van der Waals surface area contributed by atoms with Crippen LogP contribution in [0.1, 0.15) is 25.8 Å². The van der Waals surface area contributed by atoms with Crippen LogP contribution in [-0.4, -0.2) is 45.6 Å². The predicted octanol–water partition coefficient (Wildman–Crippen LogP) is 3.31. The lowest BCUT2D eigenvalue weighted by Crippen LogP contribution is -2.49. The van der Waals surface area contributed by atoms with E-state index in [4.69, 9.17) is 0 Å². The average Bonchev–Trinajstić information content (AvgIpc) is 3.52. The quantitative estimate of drug-likeness (QED) is 0.267. The van der Waals surface area contributed by atoms with Gasteiger partial charge in [0.25, 0.3) is 0 Å². The summed E-state index contributed by atoms with van der Waals surface area (Å²) in [4.78, 5) is 44.1. The first kappa shape index (κ1) is 24.2. The number of hydrogen-bond acceptors (Lipinski definition) is 8. The van der Waals surface area contributed by atoms with Crippen molar-refractivity contribution in [3.8, 4) is 5.75 Å². The van der Waals surface area contributed by atoms with Crippen LogP contribution >= 0.6 is 22.7 Å². The van der Waals surface area contributed by atoms with Gasteiger partial charge in [0.1, 0.15) is 16.7 Å². The molecule has 3 heterocycles. The Bertz CT molecular complexity index is 1330. The molecule has 0 bridgehead atoms. The lowest BCUT2D eigenvalue weighted by molar-refractivity contribution is -0.123. The van der Waals surface area contributed by atoms with Crippen molar-refractivity contribution in [3.05, 3.63) is 69.8 Å². The fourth-order valence-corrected chi connectivity index (χ4v) is 4.99. The maximum Gasteiger partial charge on any atom is 0.348 e. The number of phenols is 1. The fraction of sp³-hybridized carbons (Fsp3) is 0.217. The number of benzene rings is 1. The van der Waals surface area contributed by atoms with Gasteiger partial charge >= 0.3 is 12.0 Å². The number of thiazole rings is 1. The van der Waals surface area contributed by atoms with Crippen LogP contribution in [0.4, 0.5) is 9.80 Å². The monoisotopic (exact) mass is 513 g/mol. The molecule has 3 aromatic heterocycles. The van der Waals surface area contributed by atoms with E-state index in [0.29, 0.717) is 15.6 Å². The zero-order valence-electron chi connectivity index (χ0n) is 18.9. The van der Waals surface area contributed by atoms with Crippen LogP contribution in [0.5, 0.6) is 5.75 Å². The summed E-state index contributed by atoms with van der Waals surface area (Å²) in [7, 11) is 1.28. The Balaban J connectivity index is 1.42. The summed E-state index contributed by atoms with van der Waals surface area (Å²) in [6.07, 6.45) is 4.02. The number of urea groups is 1. The van der Waals surface area contributed by atoms with Crippen LogP contribution in [0.15, 0.2) is 48.8 Å². The van der Waals surface area contributed by atoms with Gasteiger partial charge in [-0.15, -0.1) is 22.7 Å². The molecule has 0 saturated carbocycles. The van der Waals surface area contributed by atoms with Gasteiger partial charge in [-0.25, -0.2) is 14.6 Å². The lowest BCUT2D eigenvalue weighted by atomic mass is 10.1. The van der Waals surface area contributed by atoms with Crippen LogP contribution in [0.2, 0.25) is 0 Å². The lowest BCUT2D eigenvalue weighted by Gasteiger charge is -2.18. The van der Waals surface area contributed by atoms with E-state index in [9.17, 15) is 19.5 Å². The van der Waals surface area contributed by atoms with Crippen molar-refractivity contribution in [3.63, 3.8) is 0 Å². The van der Waals surface area contributed by atoms with Crippen molar-refractivity contribution >= 4 is 50.5 Å². The minimum atomic E-state index is -0.898. The molecule has 182 valence electrons. The molecule has 0 radical (unpaired) electrons. The number of aryl methyl sites for hydroxylation is 1. The first-order valence-electron chi connectivity index (χ1n) is 10.6. The highest BCUT2D eigenvalue weighted by Crippen LogP contribution is 2.22. The van der Waals surface area contributed by atoms with Gasteiger partial charge in [0.2, 0.25) is 5.91 Å². The Morgan fingerprint density at radius 3 is 2.60 bits per heavy atom. The predicted molar refractivity (Wildman–Crippen MR) is 133 cm³/mol. The van der Waals surface area contributed by atoms with E-state index in [1.807, 2.05) is 23.7 Å². The minimum absolute atomic E-state index is 0.106. The molecule has 35 heavy (non-hydrogen) atoms. The molecule has 0 aliphatic heterocycles. The van der Waals surface area contributed by atoms with E-state index in [-0.39, 0.29) is 24.6 Å². The Morgan fingerprint density at radius 1 is 1.11 bits per heavy atom. The zero-order chi connectivity index (χ0) is 24.9. The third-order valence-electron chi connectivity index (χ3n) is 4.99. The number of rotatable bonds is 8. The van der Waals surface area contributed by atoms with Crippen molar-refractivity contribution in [1.29, 1.82) is 0 Å². The van der Waals surface area contributed by atoms with Gasteiger partial charge < -0.3 is 20.5 Å². The van der Waals surface area contributed by atoms with Gasteiger partial charge in [-0.2, -0.15) is 0 Å². The fourth-order valence-electron chi connectivity index (χ4n) is 3.34. The molecule has 4 aromatic rings. The number of esters is 1. The number of anilines is 1. The van der Waals surface area contributed by atoms with Gasteiger partial charge in [-0.1, -0.05) is 12.1 Å². The summed E-state index contributed by atoms with van der Waals surface area (Å²) < 4.78 is 6.58. The molecule has 1 atom stereocenters. The van der Waals surface area contributed by atoms with Gasteiger partial charge in [-0.3, -0.25) is 14.5 Å². The number of imidazole rings is 1. The number of nitrogens with one attached hydrogen (secondary N) is 3. The largest absolute Gasteiger partial charge is 0.508 e. The van der Waals surface area contributed by atoms with E-state index in [1.165, 1.54) is 19.2 Å². The van der Waals surface area contributed by atoms with Crippen LogP contribution < -0.4 is 16.0 Å². The molecular weight excluding hydrogens is 490 g/mol. The Hall–Kier alpha value is -3.90. The molecular formula is C23H23N5O5S2. The molecule has 0 saturated heterocycles. The number of carbonyl (C=O) groups excluding carboxylic acids is 3. The molecule has 3 amide bonds. The molecule has 12 heteroatoms. The van der Waals surface area contributed by atoms with E-state index in [2.05, 4.69) is 25.7 Å². The number of fused-ring (bicyclic) bond motifs is 1. The number of amides is 3. The maximum atomic E-state index is 13.0. The second-order valence-electron chi connectivity index (χ2n) is 7.66. The average molecular weight is 514 g/mol. The number of ether oxygens (including phenoxy) is 1. The molecule has 1 aromatic carbocycles. The Labute approximate surface area is 208 Å².